The molecule has 5 unspecified atom stereocenters. The Labute approximate surface area is 505 Å². The third-order valence-electron chi connectivity index (χ3n) is 23.2. The Morgan fingerprint density at radius 3 is 1.00 bits per heavy atom. The number of fused-ring (bicyclic) bond motifs is 10. The van der Waals surface area contributed by atoms with Gasteiger partial charge in [0.15, 0.2) is 0 Å². The van der Waals surface area contributed by atoms with Gasteiger partial charge in [0.05, 0.1) is 16.2 Å². The normalized spacial score (nSPS) is 22.4. The monoisotopic (exact) mass is 1100 g/mol. The van der Waals surface area contributed by atoms with Gasteiger partial charge in [0.25, 0.3) is 0 Å². The topological polar surface area (TPSA) is 3.24 Å². The van der Waals surface area contributed by atoms with Crippen LogP contribution in [-0.2, 0) is 21.7 Å². The second kappa shape index (κ2) is 17.8. The van der Waals surface area contributed by atoms with Gasteiger partial charge in [-0.2, -0.15) is 0 Å². The van der Waals surface area contributed by atoms with E-state index in [-0.39, 0.29) is 0 Å². The fourth-order valence-corrected chi connectivity index (χ4v) is 20.2. The molecule has 0 radical (unpaired) electrons. The van der Waals surface area contributed by atoms with Crippen molar-refractivity contribution in [1.82, 2.24) is 0 Å². The van der Waals surface area contributed by atoms with Crippen LogP contribution in [0.5, 0.6) is 0 Å². The molecule has 12 aromatic rings. The minimum absolute atomic E-state index is 0.302. The number of nitrogens with zero attached hydrogens (tertiary/aromatic N) is 1. The zero-order valence-corrected chi connectivity index (χ0v) is 48.1. The highest BCUT2D eigenvalue weighted by Gasteiger charge is 2.80. The van der Waals surface area contributed by atoms with Crippen LogP contribution in [0.15, 0.2) is 303 Å². The molecule has 0 amide bonds. The largest absolute Gasteiger partial charge is 0.310 e. The number of anilines is 3. The Morgan fingerprint density at radius 2 is 0.581 bits per heavy atom. The Bertz CT molecular complexity index is 4380. The molecule has 2 bridgehead atoms. The van der Waals surface area contributed by atoms with Crippen LogP contribution in [0.2, 0.25) is 0 Å². The molecule has 0 N–H and O–H groups in total. The van der Waals surface area contributed by atoms with Gasteiger partial charge in [0.1, 0.15) is 0 Å². The Morgan fingerprint density at radius 1 is 0.244 bits per heavy atom. The molecule has 12 aromatic carbocycles. The fraction of sp³-hybridized carbons (Fsp3) is 0.153. The Hall–Kier alpha value is -9.56. The van der Waals surface area contributed by atoms with E-state index in [0.717, 1.165) is 34.8 Å². The molecule has 0 heterocycles. The molecule has 0 saturated heterocycles. The van der Waals surface area contributed by atoms with Crippen molar-refractivity contribution in [2.45, 2.75) is 53.8 Å². The molecule has 5 atom stereocenters. The molecule has 19 rings (SSSR count). The first kappa shape index (κ1) is 48.8. The number of rotatable bonds is 10. The van der Waals surface area contributed by atoms with Gasteiger partial charge < -0.3 is 4.90 Å². The van der Waals surface area contributed by atoms with E-state index in [9.17, 15) is 0 Å². The van der Waals surface area contributed by atoms with Crippen LogP contribution >= 0.6 is 0 Å². The van der Waals surface area contributed by atoms with E-state index in [4.69, 9.17) is 0 Å². The summed E-state index contributed by atoms with van der Waals surface area (Å²) >= 11 is 0. The molecular formula is C85H63N. The summed E-state index contributed by atoms with van der Waals surface area (Å²) in [6.45, 7) is 0. The van der Waals surface area contributed by atoms with Crippen LogP contribution < -0.4 is 4.90 Å². The summed E-state index contributed by atoms with van der Waals surface area (Å²) in [4.78, 5) is 2.54. The van der Waals surface area contributed by atoms with E-state index in [0.29, 0.717) is 10.8 Å². The first-order valence-electron chi connectivity index (χ1n) is 31.5. The van der Waals surface area contributed by atoms with Crippen molar-refractivity contribution >= 4 is 17.1 Å². The predicted octanol–water partition coefficient (Wildman–Crippen LogP) is 20.3. The van der Waals surface area contributed by atoms with Gasteiger partial charge in [-0.25, -0.2) is 0 Å². The van der Waals surface area contributed by atoms with Gasteiger partial charge in [0, 0.05) is 22.5 Å². The minimum Gasteiger partial charge on any atom is -0.310 e. The van der Waals surface area contributed by atoms with Gasteiger partial charge in [-0.05, 0) is 197 Å². The molecular weight excluding hydrogens is 1030 g/mol. The van der Waals surface area contributed by atoms with E-state index in [1.165, 1.54) is 132 Å². The van der Waals surface area contributed by atoms with Crippen LogP contribution in [0.4, 0.5) is 17.1 Å². The summed E-state index contributed by atoms with van der Waals surface area (Å²) in [7, 11) is 0. The maximum atomic E-state index is 2.75. The summed E-state index contributed by atoms with van der Waals surface area (Å²) < 4.78 is 0. The summed E-state index contributed by atoms with van der Waals surface area (Å²) in [6.07, 6.45) is 7.10. The first-order valence-corrected chi connectivity index (χ1v) is 31.5. The van der Waals surface area contributed by atoms with Crippen molar-refractivity contribution in [3.05, 3.63) is 376 Å². The van der Waals surface area contributed by atoms with Crippen LogP contribution in [-0.4, -0.2) is 0 Å². The van der Waals surface area contributed by atoms with Crippen molar-refractivity contribution in [2.24, 2.45) is 23.2 Å². The quantitative estimate of drug-likeness (QED) is 0.132. The number of hydrogen-bond donors (Lipinski definition) is 0. The van der Waals surface area contributed by atoms with E-state index in [2.05, 4.69) is 308 Å². The Kier molecular flexibility index (Phi) is 10.1. The number of hydrogen-bond acceptors (Lipinski definition) is 1. The maximum absolute atomic E-state index is 2.75. The SMILES string of the molecule is c1ccc(C2(c3ccc(N(c4ccc(C5(c6ccccc6)c6ccccc6-c6ccccc65)cc4)c4ccc5c(c4)C(c4ccccc4)(c4ccccc4)c4cc(C67CC8CC9CC(C6)C97C8)ccc4-5)cc3)c3ccccc3-c3ccccc32)cc1. The molecule has 0 aromatic heterocycles. The van der Waals surface area contributed by atoms with E-state index in [1.807, 2.05) is 0 Å². The van der Waals surface area contributed by atoms with E-state index in [1.54, 1.807) is 5.56 Å². The standard InChI is InChI=1S/C85H63N/c1-5-21-57(22-6-1)83(75-33-17-13-29-69(75)70-30-14-18-34-76(70)83)61-37-42-66(43-38-61)86(67-44-39-62(40-45-67)84(58-23-7-2-8-24-58)77-35-19-15-31-71(77)72-32-16-20-36-78(72)84)68-46-48-74-73-47-41-63(81-53-56-49-64-50-65(55-81)82(64,81)54-56)51-79(73)85(80(74)52-68,59-25-9-3-10-26-59)60-27-11-4-12-28-60/h1-48,51-52,56,64-65H,49-50,53-55H2. The lowest BCUT2D eigenvalue weighted by Crippen LogP contribution is -2.68. The smallest absolute Gasteiger partial charge is 0.0714 e. The predicted molar refractivity (Wildman–Crippen MR) is 351 cm³/mol. The van der Waals surface area contributed by atoms with Crippen molar-refractivity contribution in [3.8, 4) is 33.4 Å². The molecule has 1 heteroatoms. The molecule has 1 nitrogen and oxygen atoms in total. The summed E-state index contributed by atoms with van der Waals surface area (Å²) in [5.41, 5.74) is 27.7. The third-order valence-corrected chi connectivity index (χ3v) is 23.2. The zero-order chi connectivity index (χ0) is 56.4. The summed E-state index contributed by atoms with van der Waals surface area (Å²) in [5.74, 6) is 2.71. The lowest BCUT2D eigenvalue weighted by molar-refractivity contribution is -0.198. The van der Waals surface area contributed by atoms with Gasteiger partial charge in [-0.3, -0.25) is 0 Å². The molecule has 0 aliphatic heterocycles. The second-order valence-corrected chi connectivity index (χ2v) is 26.3. The van der Waals surface area contributed by atoms with Gasteiger partial charge in [-0.1, -0.05) is 267 Å². The minimum atomic E-state index is -0.566. The van der Waals surface area contributed by atoms with Crippen molar-refractivity contribution in [1.29, 1.82) is 0 Å². The molecule has 86 heavy (non-hydrogen) atoms. The lowest BCUT2D eigenvalue weighted by Gasteiger charge is -2.73. The van der Waals surface area contributed by atoms with Crippen molar-refractivity contribution in [2.75, 3.05) is 4.90 Å². The van der Waals surface area contributed by atoms with Crippen LogP contribution in [0.3, 0.4) is 0 Å². The second-order valence-electron chi connectivity index (χ2n) is 26.3. The summed E-state index contributed by atoms with van der Waals surface area (Å²) in [6, 6.07) is 116. The van der Waals surface area contributed by atoms with Crippen LogP contribution in [0.1, 0.15) is 104 Å². The molecule has 408 valence electrons. The van der Waals surface area contributed by atoms with Gasteiger partial charge in [-0.15, -0.1) is 0 Å². The zero-order valence-electron chi connectivity index (χ0n) is 48.1. The highest BCUT2D eigenvalue weighted by atomic mass is 15.1. The summed E-state index contributed by atoms with van der Waals surface area (Å²) in [5, 5.41) is 0. The lowest BCUT2D eigenvalue weighted by atomic mass is 9.31. The average Bonchev–Trinajstić information content (AvgIpc) is 1.40. The highest BCUT2D eigenvalue weighted by Crippen LogP contribution is 2.86. The third kappa shape index (κ3) is 6.01. The van der Waals surface area contributed by atoms with Crippen molar-refractivity contribution < 1.29 is 0 Å². The fourth-order valence-electron chi connectivity index (χ4n) is 20.2. The van der Waals surface area contributed by atoms with E-state index < -0.39 is 16.2 Å². The van der Waals surface area contributed by atoms with Crippen LogP contribution in [0, 0.1) is 23.2 Å². The van der Waals surface area contributed by atoms with Gasteiger partial charge >= 0.3 is 0 Å². The van der Waals surface area contributed by atoms with Crippen LogP contribution in [0.25, 0.3) is 33.4 Å². The Balaban J connectivity index is 0.830. The molecule has 7 aliphatic rings. The molecule has 7 aliphatic carbocycles. The maximum Gasteiger partial charge on any atom is 0.0714 e. The molecule has 1 spiro atoms. The highest BCUT2D eigenvalue weighted by molar-refractivity contribution is 5.92. The molecule has 4 saturated carbocycles. The van der Waals surface area contributed by atoms with Crippen molar-refractivity contribution in [3.63, 3.8) is 0 Å². The average molecular weight is 1100 g/mol. The molecule has 4 fully saturated rings. The van der Waals surface area contributed by atoms with Gasteiger partial charge in [0.2, 0.25) is 0 Å². The van der Waals surface area contributed by atoms with E-state index >= 15 is 0 Å². The first-order chi connectivity index (χ1) is 42.6. The number of benzene rings is 12.